The minimum atomic E-state index is -0.763. The first kappa shape index (κ1) is 13.9. The third-order valence-electron chi connectivity index (χ3n) is 2.92. The van der Waals surface area contributed by atoms with E-state index in [4.69, 9.17) is 15.6 Å². The number of carbonyl (C=O) groups is 2. The molecule has 1 rings (SSSR count). The van der Waals surface area contributed by atoms with E-state index < -0.39 is 5.97 Å². The molecule has 6 nitrogen and oxygen atoms in total. The maximum atomic E-state index is 11.6. The van der Waals surface area contributed by atoms with Crippen LogP contribution in [0.1, 0.15) is 19.3 Å². The van der Waals surface area contributed by atoms with Crippen LogP contribution in [0.25, 0.3) is 0 Å². The van der Waals surface area contributed by atoms with Crippen LogP contribution in [0.4, 0.5) is 0 Å². The average Bonchev–Trinajstić information content (AvgIpc) is 2.29. The summed E-state index contributed by atoms with van der Waals surface area (Å²) in [5, 5.41) is 8.67. The lowest BCUT2D eigenvalue weighted by molar-refractivity contribution is -0.139. The molecule has 1 amide bonds. The molecule has 1 heterocycles. The molecule has 0 unspecified atom stereocenters. The molecule has 1 saturated heterocycles. The third kappa shape index (κ3) is 5.14. The van der Waals surface area contributed by atoms with Crippen LogP contribution in [0.5, 0.6) is 0 Å². The van der Waals surface area contributed by atoms with Gasteiger partial charge < -0.3 is 20.5 Å². The van der Waals surface area contributed by atoms with Crippen LogP contribution >= 0.6 is 0 Å². The molecular weight excluding hydrogens is 224 g/mol. The zero-order valence-electron chi connectivity index (χ0n) is 9.93. The average molecular weight is 244 g/mol. The van der Waals surface area contributed by atoms with Crippen LogP contribution < -0.4 is 5.73 Å². The van der Waals surface area contributed by atoms with E-state index in [1.165, 1.54) is 0 Å². The quantitative estimate of drug-likeness (QED) is 0.624. The second kappa shape index (κ2) is 7.24. The summed E-state index contributed by atoms with van der Waals surface area (Å²) in [5.74, 6) is -0.602. The van der Waals surface area contributed by atoms with Crippen molar-refractivity contribution in [1.29, 1.82) is 0 Å². The van der Waals surface area contributed by atoms with Crippen LogP contribution in [-0.2, 0) is 14.3 Å². The van der Waals surface area contributed by atoms with Crippen molar-refractivity contribution in [2.75, 3.05) is 32.8 Å². The van der Waals surface area contributed by atoms with Crippen LogP contribution in [0, 0.1) is 5.92 Å². The topological polar surface area (TPSA) is 92.9 Å². The van der Waals surface area contributed by atoms with E-state index in [1.54, 1.807) is 4.90 Å². The van der Waals surface area contributed by atoms with Gasteiger partial charge in [0, 0.05) is 26.1 Å². The number of rotatable bonds is 6. The summed E-state index contributed by atoms with van der Waals surface area (Å²) in [5.41, 5.74) is 5.25. The van der Waals surface area contributed by atoms with Gasteiger partial charge in [-0.25, -0.2) is 0 Å². The molecule has 3 N–H and O–H groups in total. The predicted octanol–water partition coefficient (Wildman–Crippen LogP) is -0.325. The van der Waals surface area contributed by atoms with E-state index in [2.05, 4.69) is 0 Å². The fraction of sp³-hybridized carbons (Fsp3) is 0.818. The van der Waals surface area contributed by atoms with Gasteiger partial charge in [-0.3, -0.25) is 9.59 Å². The molecule has 0 spiro atoms. The fourth-order valence-electron chi connectivity index (χ4n) is 1.97. The minimum absolute atomic E-state index is 0.0350. The number of piperidine rings is 1. The normalized spacial score (nSPS) is 17.1. The number of likely N-dealkylation sites (tertiary alicyclic amines) is 1. The van der Waals surface area contributed by atoms with Gasteiger partial charge in [-0.05, 0) is 18.8 Å². The van der Waals surface area contributed by atoms with Gasteiger partial charge in [0.2, 0.25) is 5.91 Å². The van der Waals surface area contributed by atoms with E-state index in [1.807, 2.05) is 0 Å². The first-order valence-electron chi connectivity index (χ1n) is 5.91. The predicted molar refractivity (Wildman–Crippen MR) is 61.4 cm³/mol. The molecule has 1 aliphatic heterocycles. The van der Waals surface area contributed by atoms with Crippen molar-refractivity contribution in [3.8, 4) is 0 Å². The van der Waals surface area contributed by atoms with Crippen molar-refractivity contribution in [1.82, 2.24) is 4.90 Å². The summed E-state index contributed by atoms with van der Waals surface area (Å²) in [4.78, 5) is 23.9. The van der Waals surface area contributed by atoms with Gasteiger partial charge in [0.25, 0.3) is 0 Å². The van der Waals surface area contributed by atoms with Crippen molar-refractivity contribution >= 4 is 11.9 Å². The summed E-state index contributed by atoms with van der Waals surface area (Å²) in [6, 6.07) is 0. The number of hydrogen-bond donors (Lipinski definition) is 2. The lowest BCUT2D eigenvalue weighted by Gasteiger charge is -2.31. The molecule has 0 aromatic rings. The van der Waals surface area contributed by atoms with Crippen molar-refractivity contribution in [3.05, 3.63) is 0 Å². The number of nitrogens with zero attached hydrogens (tertiary/aromatic N) is 1. The summed E-state index contributed by atoms with van der Waals surface area (Å²) in [6.45, 7) is 2.13. The molecule has 6 heteroatoms. The van der Waals surface area contributed by atoms with E-state index in [9.17, 15) is 9.59 Å². The highest BCUT2D eigenvalue weighted by Gasteiger charge is 2.23. The Hall–Kier alpha value is -1.14. The number of aliphatic carboxylic acids is 1. The minimum Gasteiger partial charge on any atom is -0.481 e. The number of carbonyl (C=O) groups excluding carboxylic acids is 1. The number of hydrogen-bond acceptors (Lipinski definition) is 4. The lowest BCUT2D eigenvalue weighted by Crippen LogP contribution is -2.41. The van der Waals surface area contributed by atoms with Gasteiger partial charge in [0.05, 0.1) is 6.61 Å². The Balaban J connectivity index is 2.21. The zero-order chi connectivity index (χ0) is 12.7. The zero-order valence-corrected chi connectivity index (χ0v) is 9.93. The standard InChI is InChI=1S/C11H20N2O4/c12-3-6-17-8-10(14)13-4-1-9(2-5-13)7-11(15)16/h9H,1-8,12H2,(H,15,16). The van der Waals surface area contributed by atoms with Crippen LogP contribution in [0.2, 0.25) is 0 Å². The van der Waals surface area contributed by atoms with Crippen LogP contribution in [0.3, 0.4) is 0 Å². The molecule has 0 saturated carbocycles. The fourth-order valence-corrected chi connectivity index (χ4v) is 1.97. The Labute approximate surface area is 101 Å². The summed E-state index contributed by atoms with van der Waals surface area (Å²) >= 11 is 0. The smallest absolute Gasteiger partial charge is 0.303 e. The number of ether oxygens (including phenoxy) is 1. The van der Waals surface area contributed by atoms with Crippen LogP contribution in [0.15, 0.2) is 0 Å². The molecule has 0 aromatic carbocycles. The van der Waals surface area contributed by atoms with Crippen LogP contribution in [-0.4, -0.2) is 54.7 Å². The Kier molecular flexibility index (Phi) is 5.93. The van der Waals surface area contributed by atoms with E-state index >= 15 is 0 Å². The lowest BCUT2D eigenvalue weighted by atomic mass is 9.94. The Morgan fingerprint density at radius 2 is 2.00 bits per heavy atom. The second-order valence-electron chi connectivity index (χ2n) is 4.26. The van der Waals surface area contributed by atoms with E-state index in [0.29, 0.717) is 26.2 Å². The van der Waals surface area contributed by atoms with Crippen molar-refractivity contribution < 1.29 is 19.4 Å². The molecule has 1 aliphatic rings. The molecule has 0 aromatic heterocycles. The molecule has 0 atom stereocenters. The summed E-state index contributed by atoms with van der Waals surface area (Å²) in [6.07, 6.45) is 1.72. The Morgan fingerprint density at radius 1 is 1.35 bits per heavy atom. The third-order valence-corrected chi connectivity index (χ3v) is 2.92. The summed E-state index contributed by atoms with van der Waals surface area (Å²) < 4.78 is 5.08. The van der Waals surface area contributed by atoms with Crippen molar-refractivity contribution in [2.45, 2.75) is 19.3 Å². The van der Waals surface area contributed by atoms with Gasteiger partial charge in [-0.15, -0.1) is 0 Å². The summed E-state index contributed by atoms with van der Waals surface area (Å²) in [7, 11) is 0. The van der Waals surface area contributed by atoms with Gasteiger partial charge >= 0.3 is 5.97 Å². The highest BCUT2D eigenvalue weighted by atomic mass is 16.5. The molecule has 98 valence electrons. The molecule has 17 heavy (non-hydrogen) atoms. The highest BCUT2D eigenvalue weighted by Crippen LogP contribution is 2.20. The molecular formula is C11H20N2O4. The largest absolute Gasteiger partial charge is 0.481 e. The molecule has 0 aliphatic carbocycles. The second-order valence-corrected chi connectivity index (χ2v) is 4.26. The van der Waals surface area contributed by atoms with E-state index in [-0.39, 0.29) is 24.9 Å². The number of carboxylic acids is 1. The van der Waals surface area contributed by atoms with Gasteiger partial charge in [0.1, 0.15) is 6.61 Å². The Morgan fingerprint density at radius 3 is 2.53 bits per heavy atom. The molecule has 1 fully saturated rings. The maximum Gasteiger partial charge on any atom is 0.303 e. The number of amides is 1. The number of carboxylic acid groups (broad SMARTS) is 1. The molecule has 0 radical (unpaired) electrons. The maximum absolute atomic E-state index is 11.6. The highest BCUT2D eigenvalue weighted by molar-refractivity contribution is 5.77. The SMILES string of the molecule is NCCOCC(=O)N1CCC(CC(=O)O)CC1. The van der Waals surface area contributed by atoms with Gasteiger partial charge in [-0.2, -0.15) is 0 Å². The van der Waals surface area contributed by atoms with Gasteiger partial charge in [-0.1, -0.05) is 0 Å². The van der Waals surface area contributed by atoms with Gasteiger partial charge in [0.15, 0.2) is 0 Å². The molecule has 0 bridgehead atoms. The first-order valence-corrected chi connectivity index (χ1v) is 5.91. The first-order chi connectivity index (χ1) is 8.13. The monoisotopic (exact) mass is 244 g/mol. The number of nitrogens with two attached hydrogens (primary N) is 1. The van der Waals surface area contributed by atoms with Crippen molar-refractivity contribution in [2.24, 2.45) is 11.7 Å². The van der Waals surface area contributed by atoms with E-state index in [0.717, 1.165) is 12.8 Å². The Bertz CT molecular complexity index is 262. The van der Waals surface area contributed by atoms with Crippen molar-refractivity contribution in [3.63, 3.8) is 0 Å².